The van der Waals surface area contributed by atoms with Crippen LogP contribution < -0.4 is 11.5 Å². The van der Waals surface area contributed by atoms with E-state index in [1.165, 1.54) is 6.26 Å². The number of benzene rings is 1. The highest BCUT2D eigenvalue weighted by molar-refractivity contribution is 7.91. The summed E-state index contributed by atoms with van der Waals surface area (Å²) in [5, 5.41) is 0.615. The highest BCUT2D eigenvalue weighted by Crippen LogP contribution is 2.24. The Balaban J connectivity index is 0.000000171. The van der Waals surface area contributed by atoms with Gasteiger partial charge in [0.25, 0.3) is 0 Å². The number of sulfone groups is 1. The molecule has 17 heavy (non-hydrogen) atoms. The van der Waals surface area contributed by atoms with Crippen molar-refractivity contribution >= 4 is 32.8 Å². The molecule has 0 heterocycles. The van der Waals surface area contributed by atoms with Crippen LogP contribution in [0.2, 0.25) is 5.02 Å². The molecular weight excluding hydrogens is 260 g/mol. The average molecular weight is 277 g/mol. The molecule has 0 atom stereocenters. The summed E-state index contributed by atoms with van der Waals surface area (Å²) in [6, 6.07) is 5.00. The Morgan fingerprint density at radius 2 is 1.82 bits per heavy atom. The Labute approximate surface area is 107 Å². The van der Waals surface area contributed by atoms with Crippen LogP contribution in [0.4, 0.5) is 11.4 Å². The molecule has 0 aromatic heterocycles. The zero-order chi connectivity index (χ0) is 13.1. The largest absolute Gasteiger partial charge is 0.397 e. The van der Waals surface area contributed by atoms with Gasteiger partial charge in [-0.25, -0.2) is 8.42 Å². The van der Waals surface area contributed by atoms with E-state index in [-0.39, 0.29) is 5.25 Å². The molecule has 0 amide bonds. The van der Waals surface area contributed by atoms with Crippen LogP contribution in [0.1, 0.15) is 19.3 Å². The van der Waals surface area contributed by atoms with E-state index >= 15 is 0 Å². The lowest BCUT2D eigenvalue weighted by atomic mass is 10.0. The third-order valence-corrected chi connectivity index (χ3v) is 4.62. The second-order valence-corrected chi connectivity index (χ2v) is 6.92. The van der Waals surface area contributed by atoms with Gasteiger partial charge in [0.15, 0.2) is 0 Å². The summed E-state index contributed by atoms with van der Waals surface area (Å²) in [7, 11) is -2.67. The smallest absolute Gasteiger partial charge is 0.150 e. The van der Waals surface area contributed by atoms with Gasteiger partial charge in [-0.15, -0.1) is 0 Å². The predicted molar refractivity (Wildman–Crippen MR) is 72.8 cm³/mol. The number of nitrogens with two attached hydrogens (primary N) is 2. The van der Waals surface area contributed by atoms with Crippen LogP contribution in [0.25, 0.3) is 0 Å². The summed E-state index contributed by atoms with van der Waals surface area (Å²) in [6.45, 7) is 0. The maximum atomic E-state index is 10.6. The van der Waals surface area contributed by atoms with Gasteiger partial charge >= 0.3 is 0 Å². The average Bonchev–Trinajstić information content (AvgIpc) is 2.07. The predicted octanol–water partition coefficient (Wildman–Crippen LogP) is 2.09. The lowest BCUT2D eigenvalue weighted by Gasteiger charge is -2.22. The zero-order valence-corrected chi connectivity index (χ0v) is 11.3. The summed E-state index contributed by atoms with van der Waals surface area (Å²) in [6.07, 6.45) is 4.19. The van der Waals surface area contributed by atoms with E-state index in [1.54, 1.807) is 18.2 Å². The molecule has 0 unspecified atom stereocenters. The number of hydrogen-bond acceptors (Lipinski definition) is 4. The standard InChI is InChI=1S/C6H7ClN2.C5H10O2S/c7-4-1-2-5(8)6(9)3-4;1-8(6,7)5-3-2-4-5/h1-3H,8-9H2;5H,2-4H2,1H3. The van der Waals surface area contributed by atoms with E-state index in [2.05, 4.69) is 0 Å². The minimum atomic E-state index is -2.67. The number of nitrogen functional groups attached to an aromatic ring is 2. The second-order valence-electron chi connectivity index (χ2n) is 4.16. The van der Waals surface area contributed by atoms with Crippen molar-refractivity contribution in [3.05, 3.63) is 23.2 Å². The number of halogens is 1. The molecule has 1 saturated carbocycles. The molecule has 1 fully saturated rings. The molecule has 1 aliphatic rings. The molecule has 0 spiro atoms. The Hall–Kier alpha value is -0.940. The zero-order valence-electron chi connectivity index (χ0n) is 9.69. The summed E-state index contributed by atoms with van der Waals surface area (Å²) in [5.74, 6) is 0. The van der Waals surface area contributed by atoms with Crippen molar-refractivity contribution in [2.24, 2.45) is 0 Å². The molecule has 1 aliphatic carbocycles. The molecule has 0 saturated heterocycles. The Bertz CT molecular complexity index is 484. The normalized spacial score (nSPS) is 15.6. The van der Waals surface area contributed by atoms with E-state index in [1.807, 2.05) is 0 Å². The fraction of sp³-hybridized carbons (Fsp3) is 0.455. The fourth-order valence-corrected chi connectivity index (χ4v) is 2.71. The molecule has 1 aromatic rings. The van der Waals surface area contributed by atoms with Crippen molar-refractivity contribution < 1.29 is 8.42 Å². The van der Waals surface area contributed by atoms with Gasteiger partial charge in [-0.1, -0.05) is 18.0 Å². The Morgan fingerprint density at radius 3 is 2.06 bits per heavy atom. The van der Waals surface area contributed by atoms with Crippen LogP contribution in [0.15, 0.2) is 18.2 Å². The van der Waals surface area contributed by atoms with Gasteiger partial charge in [0.2, 0.25) is 0 Å². The highest BCUT2D eigenvalue weighted by Gasteiger charge is 2.26. The summed E-state index contributed by atoms with van der Waals surface area (Å²) in [4.78, 5) is 0. The minimum absolute atomic E-state index is 0.00231. The topological polar surface area (TPSA) is 86.2 Å². The van der Waals surface area contributed by atoms with E-state index in [0.717, 1.165) is 19.3 Å². The molecule has 2 rings (SSSR count). The van der Waals surface area contributed by atoms with Gasteiger partial charge in [0.1, 0.15) is 9.84 Å². The first kappa shape index (κ1) is 14.1. The molecule has 1 aromatic carbocycles. The monoisotopic (exact) mass is 276 g/mol. The van der Waals surface area contributed by atoms with Crippen LogP contribution in [0.3, 0.4) is 0 Å². The van der Waals surface area contributed by atoms with Gasteiger partial charge in [0.05, 0.1) is 16.6 Å². The summed E-state index contributed by atoms with van der Waals surface area (Å²) < 4.78 is 21.2. The van der Waals surface area contributed by atoms with Crippen molar-refractivity contribution in [1.29, 1.82) is 0 Å². The molecule has 4 N–H and O–H groups in total. The molecule has 0 bridgehead atoms. The van der Waals surface area contributed by atoms with Gasteiger partial charge in [-0.2, -0.15) is 0 Å². The second kappa shape index (κ2) is 5.60. The lowest BCUT2D eigenvalue weighted by Crippen LogP contribution is -2.26. The molecular formula is C11H17ClN2O2S. The molecule has 6 heteroatoms. The first-order chi connectivity index (χ1) is 7.80. The van der Waals surface area contributed by atoms with Gasteiger partial charge in [-0.05, 0) is 31.0 Å². The quantitative estimate of drug-likeness (QED) is 0.769. The van der Waals surface area contributed by atoms with Crippen LogP contribution in [-0.2, 0) is 9.84 Å². The van der Waals surface area contributed by atoms with Crippen molar-refractivity contribution in [3.63, 3.8) is 0 Å². The number of rotatable bonds is 1. The first-order valence-corrected chi connectivity index (χ1v) is 7.63. The van der Waals surface area contributed by atoms with Crippen LogP contribution in [0.5, 0.6) is 0 Å². The summed E-state index contributed by atoms with van der Waals surface area (Å²) >= 11 is 5.58. The maximum Gasteiger partial charge on any atom is 0.150 e. The van der Waals surface area contributed by atoms with E-state index in [9.17, 15) is 8.42 Å². The Morgan fingerprint density at radius 1 is 1.24 bits per heavy atom. The van der Waals surface area contributed by atoms with Crippen molar-refractivity contribution in [1.82, 2.24) is 0 Å². The Kier molecular flexibility index (Phi) is 4.65. The minimum Gasteiger partial charge on any atom is -0.397 e. The number of hydrogen-bond donors (Lipinski definition) is 2. The molecule has 0 radical (unpaired) electrons. The van der Waals surface area contributed by atoms with Crippen molar-refractivity contribution in [2.75, 3.05) is 17.7 Å². The molecule has 4 nitrogen and oxygen atoms in total. The lowest BCUT2D eigenvalue weighted by molar-refractivity contribution is 0.480. The molecule has 0 aliphatic heterocycles. The van der Waals surface area contributed by atoms with Gasteiger partial charge in [0, 0.05) is 11.3 Å². The van der Waals surface area contributed by atoms with E-state index in [4.69, 9.17) is 23.1 Å². The van der Waals surface area contributed by atoms with E-state index < -0.39 is 9.84 Å². The summed E-state index contributed by atoms with van der Waals surface area (Å²) in [5.41, 5.74) is 11.9. The third-order valence-electron chi connectivity index (χ3n) is 2.71. The van der Waals surface area contributed by atoms with Crippen molar-refractivity contribution in [3.8, 4) is 0 Å². The third kappa shape index (κ3) is 4.44. The van der Waals surface area contributed by atoms with Crippen LogP contribution >= 0.6 is 11.6 Å². The number of anilines is 2. The van der Waals surface area contributed by atoms with Gasteiger partial charge < -0.3 is 11.5 Å². The van der Waals surface area contributed by atoms with Crippen LogP contribution in [-0.4, -0.2) is 19.9 Å². The highest BCUT2D eigenvalue weighted by atomic mass is 35.5. The molecule has 96 valence electrons. The van der Waals surface area contributed by atoms with Gasteiger partial charge in [-0.3, -0.25) is 0 Å². The van der Waals surface area contributed by atoms with Crippen molar-refractivity contribution in [2.45, 2.75) is 24.5 Å². The SMILES string of the molecule is CS(=O)(=O)C1CCC1.Nc1ccc(Cl)cc1N. The van der Waals surface area contributed by atoms with Crippen LogP contribution in [0, 0.1) is 0 Å². The van der Waals surface area contributed by atoms with E-state index in [0.29, 0.717) is 16.4 Å². The first-order valence-electron chi connectivity index (χ1n) is 5.30. The maximum absolute atomic E-state index is 10.6. The fourth-order valence-electron chi connectivity index (χ4n) is 1.34.